The van der Waals surface area contributed by atoms with Gasteiger partial charge in [0.1, 0.15) is 0 Å². The van der Waals surface area contributed by atoms with Crippen LogP contribution >= 0.6 is 0 Å². The number of piperidine rings is 2. The van der Waals surface area contributed by atoms with Crippen molar-refractivity contribution in [1.29, 1.82) is 0 Å². The van der Waals surface area contributed by atoms with E-state index < -0.39 is 0 Å². The van der Waals surface area contributed by atoms with Crippen molar-refractivity contribution in [3.05, 3.63) is 143 Å². The number of aliphatic imine (C=N–C) groups is 1. The van der Waals surface area contributed by atoms with Crippen molar-refractivity contribution in [3.8, 4) is 0 Å². The maximum absolute atomic E-state index is 13.5. The number of amides is 1. The SMILES string of the molecule is C1=Nc2ccccc2C12CCNCC2.Cc1ccc(CN2CC3(CCN(C(=O)c4cccc5ccccc45)CC3)c3ccccc32)c(C)c1. The molecule has 4 aliphatic rings. The Bertz CT molecular complexity index is 2030. The number of carbonyl (C=O) groups is 1. The van der Waals surface area contributed by atoms with Gasteiger partial charge in [0, 0.05) is 54.5 Å². The first-order chi connectivity index (χ1) is 23.9. The Hall–Kier alpha value is -4.74. The molecular weight excluding hydrogens is 601 g/mol. The number of para-hydroxylation sites is 2. The molecule has 0 atom stereocenters. The van der Waals surface area contributed by atoms with Crippen LogP contribution in [0.15, 0.2) is 114 Å². The standard InChI is InChI=1S/C32H32N2O.C12H14N2/c1-23-14-15-26(24(2)20-23)21-34-22-32(29-12-5-6-13-30(29)34)16-18-33(19-17-32)31(35)28-11-7-9-25-8-3-4-10-27(25)28;1-2-4-11-10(3-1)12(9-14-11)5-7-13-8-6-12/h3-15,20H,16-19,21-22H2,1-2H3;1-4,9,13H,5-8H2. The van der Waals surface area contributed by atoms with Crippen LogP contribution in [0, 0.1) is 13.8 Å². The molecule has 1 N–H and O–H groups in total. The third-order valence-corrected chi connectivity index (χ3v) is 11.6. The van der Waals surface area contributed by atoms with Gasteiger partial charge in [-0.05, 0) is 104 Å². The van der Waals surface area contributed by atoms with Crippen LogP contribution in [0.25, 0.3) is 10.8 Å². The molecule has 0 saturated carbocycles. The molecule has 9 rings (SSSR count). The van der Waals surface area contributed by atoms with E-state index in [9.17, 15) is 4.79 Å². The Morgan fingerprint density at radius 3 is 2.31 bits per heavy atom. The zero-order chi connectivity index (χ0) is 33.4. The number of rotatable bonds is 3. The average molecular weight is 647 g/mol. The van der Waals surface area contributed by atoms with Gasteiger partial charge in [0.15, 0.2) is 0 Å². The first kappa shape index (κ1) is 31.5. The molecular formula is C44H46N4O. The first-order valence-electron chi connectivity index (χ1n) is 18.0. The number of nitrogens with zero attached hydrogens (tertiary/aromatic N) is 3. The summed E-state index contributed by atoms with van der Waals surface area (Å²) in [7, 11) is 0. The normalized spacial score (nSPS) is 18.3. The predicted octanol–water partition coefficient (Wildman–Crippen LogP) is 8.67. The van der Waals surface area contributed by atoms with Crippen LogP contribution in [-0.2, 0) is 17.4 Å². The van der Waals surface area contributed by atoms with E-state index >= 15 is 0 Å². The van der Waals surface area contributed by atoms with E-state index in [0.717, 1.165) is 68.4 Å². The number of hydrogen-bond donors (Lipinski definition) is 1. The summed E-state index contributed by atoms with van der Waals surface area (Å²) in [6, 6.07) is 38.5. The van der Waals surface area contributed by atoms with Gasteiger partial charge in [-0.1, -0.05) is 96.6 Å². The van der Waals surface area contributed by atoms with Crippen molar-refractivity contribution in [3.63, 3.8) is 0 Å². The van der Waals surface area contributed by atoms with Crippen molar-refractivity contribution in [2.24, 2.45) is 4.99 Å². The van der Waals surface area contributed by atoms with Crippen LogP contribution in [0.1, 0.15) is 63.9 Å². The van der Waals surface area contributed by atoms with Gasteiger partial charge >= 0.3 is 0 Å². The zero-order valence-electron chi connectivity index (χ0n) is 28.8. The average Bonchev–Trinajstić information content (AvgIpc) is 3.64. The second-order valence-electron chi connectivity index (χ2n) is 14.6. The highest BCUT2D eigenvalue weighted by molar-refractivity contribution is 6.07. The Labute approximate surface area is 290 Å². The van der Waals surface area contributed by atoms with Gasteiger partial charge in [0.25, 0.3) is 5.91 Å². The molecule has 0 aliphatic carbocycles. The smallest absolute Gasteiger partial charge is 0.254 e. The van der Waals surface area contributed by atoms with Crippen molar-refractivity contribution in [1.82, 2.24) is 10.2 Å². The molecule has 1 amide bonds. The molecule has 2 fully saturated rings. The Kier molecular flexibility index (Phi) is 8.33. The summed E-state index contributed by atoms with van der Waals surface area (Å²) in [4.78, 5) is 22.7. The fraction of sp³-hybridized carbons (Fsp3) is 0.318. The van der Waals surface area contributed by atoms with E-state index in [-0.39, 0.29) is 16.7 Å². The van der Waals surface area contributed by atoms with Crippen LogP contribution in [0.4, 0.5) is 11.4 Å². The van der Waals surface area contributed by atoms with E-state index in [4.69, 9.17) is 0 Å². The third-order valence-electron chi connectivity index (χ3n) is 11.6. The molecule has 2 saturated heterocycles. The van der Waals surface area contributed by atoms with Crippen molar-refractivity contribution in [2.45, 2.75) is 56.9 Å². The molecule has 0 bridgehead atoms. The van der Waals surface area contributed by atoms with Gasteiger partial charge in [0.05, 0.1) is 5.69 Å². The number of benzene rings is 5. The van der Waals surface area contributed by atoms with Crippen LogP contribution in [0.3, 0.4) is 0 Å². The van der Waals surface area contributed by atoms with E-state index in [1.54, 1.807) is 0 Å². The second kappa shape index (κ2) is 12.9. The second-order valence-corrected chi connectivity index (χ2v) is 14.6. The van der Waals surface area contributed by atoms with Gasteiger partial charge in [-0.15, -0.1) is 0 Å². The highest BCUT2D eigenvalue weighted by Crippen LogP contribution is 2.48. The van der Waals surface area contributed by atoms with Crippen LogP contribution in [0.5, 0.6) is 0 Å². The summed E-state index contributed by atoms with van der Waals surface area (Å²) < 4.78 is 0. The van der Waals surface area contributed by atoms with E-state index in [2.05, 4.69) is 125 Å². The first-order valence-corrected chi connectivity index (χ1v) is 18.0. The number of carbonyl (C=O) groups excluding carboxylic acids is 1. The summed E-state index contributed by atoms with van der Waals surface area (Å²) in [6.45, 7) is 10.2. The monoisotopic (exact) mass is 646 g/mol. The molecule has 0 radical (unpaired) electrons. The van der Waals surface area contributed by atoms with Crippen molar-refractivity contribution >= 4 is 34.3 Å². The van der Waals surface area contributed by atoms with Crippen LogP contribution in [0.2, 0.25) is 0 Å². The summed E-state index contributed by atoms with van der Waals surface area (Å²) in [5.74, 6) is 0.162. The number of aryl methyl sites for hydroxylation is 2. The topological polar surface area (TPSA) is 47.9 Å². The van der Waals surface area contributed by atoms with Gasteiger partial charge in [0.2, 0.25) is 0 Å². The molecule has 49 heavy (non-hydrogen) atoms. The lowest BCUT2D eigenvalue weighted by Gasteiger charge is -2.40. The van der Waals surface area contributed by atoms with Gasteiger partial charge < -0.3 is 15.1 Å². The molecule has 5 heteroatoms. The zero-order valence-corrected chi connectivity index (χ0v) is 28.8. The van der Waals surface area contributed by atoms with Crippen molar-refractivity contribution < 1.29 is 4.79 Å². The van der Waals surface area contributed by atoms with Gasteiger partial charge in [-0.2, -0.15) is 0 Å². The lowest BCUT2D eigenvalue weighted by Crippen LogP contribution is -2.47. The Balaban J connectivity index is 0.000000206. The third kappa shape index (κ3) is 5.84. The minimum absolute atomic E-state index is 0.116. The van der Waals surface area contributed by atoms with Crippen LogP contribution < -0.4 is 10.2 Å². The molecule has 5 nitrogen and oxygen atoms in total. The number of likely N-dealkylation sites (tertiary alicyclic amines) is 1. The fourth-order valence-corrected chi connectivity index (χ4v) is 8.79. The maximum atomic E-state index is 13.5. The summed E-state index contributed by atoms with van der Waals surface area (Å²) >= 11 is 0. The number of fused-ring (bicyclic) bond motifs is 5. The molecule has 5 aromatic carbocycles. The highest BCUT2D eigenvalue weighted by atomic mass is 16.2. The van der Waals surface area contributed by atoms with Crippen LogP contribution in [-0.4, -0.2) is 49.7 Å². The molecule has 0 unspecified atom stereocenters. The lowest BCUT2D eigenvalue weighted by atomic mass is 9.74. The van der Waals surface area contributed by atoms with Gasteiger partial charge in [-0.25, -0.2) is 0 Å². The molecule has 4 aliphatic heterocycles. The summed E-state index contributed by atoms with van der Waals surface area (Å²) in [6.07, 6.45) is 6.55. The number of nitrogens with one attached hydrogen (secondary N) is 1. The molecule has 248 valence electrons. The minimum atomic E-state index is 0.116. The summed E-state index contributed by atoms with van der Waals surface area (Å²) in [5.41, 5.74) is 10.7. The molecule has 2 spiro atoms. The summed E-state index contributed by atoms with van der Waals surface area (Å²) in [5, 5.41) is 5.58. The number of anilines is 1. The minimum Gasteiger partial charge on any atom is -0.366 e. The number of hydrogen-bond acceptors (Lipinski definition) is 4. The van der Waals surface area contributed by atoms with Gasteiger partial charge in [-0.3, -0.25) is 9.79 Å². The molecule has 5 aromatic rings. The van der Waals surface area contributed by atoms with E-state index in [1.807, 2.05) is 24.3 Å². The highest BCUT2D eigenvalue weighted by Gasteiger charge is 2.45. The Morgan fingerprint density at radius 2 is 1.49 bits per heavy atom. The quantitative estimate of drug-likeness (QED) is 0.213. The van der Waals surface area contributed by atoms with E-state index in [0.29, 0.717) is 0 Å². The maximum Gasteiger partial charge on any atom is 0.254 e. The lowest BCUT2D eigenvalue weighted by molar-refractivity contribution is 0.0676. The largest absolute Gasteiger partial charge is 0.366 e. The fourth-order valence-electron chi connectivity index (χ4n) is 8.79. The Morgan fingerprint density at radius 1 is 0.776 bits per heavy atom. The predicted molar refractivity (Wildman–Crippen MR) is 203 cm³/mol. The molecule has 4 heterocycles. The van der Waals surface area contributed by atoms with E-state index in [1.165, 1.54) is 52.0 Å². The molecule has 0 aromatic heterocycles. The van der Waals surface area contributed by atoms with Crippen molar-refractivity contribution in [2.75, 3.05) is 37.6 Å².